The molecular weight excluding hydrogens is 260 g/mol. The maximum absolute atomic E-state index is 5.90. The van der Waals surface area contributed by atoms with Crippen LogP contribution in [0.3, 0.4) is 0 Å². The number of aryl methyl sites for hydroxylation is 1. The van der Waals surface area contributed by atoms with Gasteiger partial charge in [-0.25, -0.2) is 4.98 Å². The Morgan fingerprint density at radius 1 is 1.42 bits per heavy atom. The molecule has 2 aromatic rings. The van der Waals surface area contributed by atoms with Crippen LogP contribution in [0.2, 0.25) is 0 Å². The zero-order valence-electron chi connectivity index (χ0n) is 11.2. The summed E-state index contributed by atoms with van der Waals surface area (Å²) in [6.45, 7) is 3.73. The highest BCUT2D eigenvalue weighted by molar-refractivity contribution is 6.17. The lowest BCUT2D eigenvalue weighted by molar-refractivity contribution is 0.343. The third-order valence-corrected chi connectivity index (χ3v) is 3.77. The predicted molar refractivity (Wildman–Crippen MR) is 78.1 cm³/mol. The van der Waals surface area contributed by atoms with Gasteiger partial charge in [-0.3, -0.25) is 0 Å². The summed E-state index contributed by atoms with van der Waals surface area (Å²) in [5.41, 5.74) is 2.16. The fourth-order valence-electron chi connectivity index (χ4n) is 2.48. The summed E-state index contributed by atoms with van der Waals surface area (Å²) >= 11 is 5.90. The van der Waals surface area contributed by atoms with E-state index in [-0.39, 0.29) is 0 Å². The lowest BCUT2D eigenvalue weighted by atomic mass is 10.3. The average molecular weight is 279 g/mol. The minimum atomic E-state index is 0.609. The Labute approximate surface area is 118 Å². The summed E-state index contributed by atoms with van der Waals surface area (Å²) in [7, 11) is 0. The number of para-hydroxylation sites is 1. The summed E-state index contributed by atoms with van der Waals surface area (Å²) in [4.78, 5) is 4.76. The lowest BCUT2D eigenvalue weighted by Gasteiger charge is -2.07. The molecule has 0 bridgehead atoms. The van der Waals surface area contributed by atoms with E-state index in [1.807, 2.05) is 19.1 Å². The van der Waals surface area contributed by atoms with Gasteiger partial charge in [-0.1, -0.05) is 6.07 Å². The largest absolute Gasteiger partial charge is 0.492 e. The molecule has 19 heavy (non-hydrogen) atoms. The fourth-order valence-corrected chi connectivity index (χ4v) is 2.65. The van der Waals surface area contributed by atoms with Crippen LogP contribution in [-0.4, -0.2) is 22.0 Å². The molecule has 1 aromatic carbocycles. The predicted octanol–water partition coefficient (Wildman–Crippen LogP) is 3.63. The Morgan fingerprint density at radius 2 is 2.26 bits per heavy atom. The Balaban J connectivity index is 2.07. The summed E-state index contributed by atoms with van der Waals surface area (Å²) < 4.78 is 8.01. The third kappa shape index (κ3) is 2.57. The molecule has 0 N–H and O–H groups in total. The molecule has 1 aliphatic rings. The first-order valence-corrected chi connectivity index (χ1v) is 7.53. The van der Waals surface area contributed by atoms with Crippen molar-refractivity contribution in [3.63, 3.8) is 0 Å². The van der Waals surface area contributed by atoms with Crippen molar-refractivity contribution in [2.45, 2.75) is 32.7 Å². The standard InChI is InChI=1S/C15H19ClN2O/c1-2-19-13-5-3-4-12-15(13)17-14(8-9-16)18(12)10-11-6-7-11/h3-5,11H,2,6-10H2,1H3. The first kappa shape index (κ1) is 12.8. The zero-order chi connectivity index (χ0) is 13.2. The third-order valence-electron chi connectivity index (χ3n) is 3.58. The van der Waals surface area contributed by atoms with Crippen LogP contribution in [0, 0.1) is 5.92 Å². The monoisotopic (exact) mass is 278 g/mol. The average Bonchev–Trinajstić information content (AvgIpc) is 3.15. The summed E-state index contributed by atoms with van der Waals surface area (Å²) in [5.74, 6) is 3.40. The van der Waals surface area contributed by atoms with Crippen molar-refractivity contribution in [3.8, 4) is 5.75 Å². The Kier molecular flexibility index (Phi) is 3.65. The molecule has 4 heteroatoms. The van der Waals surface area contributed by atoms with E-state index in [1.54, 1.807) is 0 Å². The number of rotatable bonds is 6. The van der Waals surface area contributed by atoms with Gasteiger partial charge in [0, 0.05) is 18.8 Å². The second kappa shape index (κ2) is 5.41. The van der Waals surface area contributed by atoms with E-state index in [0.717, 1.165) is 36.0 Å². The SMILES string of the molecule is CCOc1cccc2c1nc(CCCl)n2CC1CC1. The molecule has 102 valence electrons. The number of alkyl halides is 1. The van der Waals surface area contributed by atoms with E-state index in [1.165, 1.54) is 18.4 Å². The number of aromatic nitrogens is 2. The second-order valence-electron chi connectivity index (χ2n) is 5.08. The Hall–Kier alpha value is -1.22. The maximum atomic E-state index is 5.90. The van der Waals surface area contributed by atoms with E-state index in [4.69, 9.17) is 21.3 Å². The molecule has 1 heterocycles. The van der Waals surface area contributed by atoms with Gasteiger partial charge < -0.3 is 9.30 Å². The minimum Gasteiger partial charge on any atom is -0.492 e. The maximum Gasteiger partial charge on any atom is 0.147 e. The first-order chi connectivity index (χ1) is 9.33. The molecule has 0 saturated heterocycles. The number of hydrogen-bond donors (Lipinski definition) is 0. The smallest absolute Gasteiger partial charge is 0.147 e. The van der Waals surface area contributed by atoms with Crippen LogP contribution in [0.25, 0.3) is 11.0 Å². The lowest BCUT2D eigenvalue weighted by Crippen LogP contribution is -2.06. The molecule has 0 radical (unpaired) electrons. The van der Waals surface area contributed by atoms with Crippen molar-refractivity contribution in [1.82, 2.24) is 9.55 Å². The number of imidazole rings is 1. The summed E-state index contributed by atoms with van der Waals surface area (Å²) in [6.07, 6.45) is 3.49. The van der Waals surface area contributed by atoms with E-state index < -0.39 is 0 Å². The highest BCUT2D eigenvalue weighted by Crippen LogP contribution is 2.34. The molecule has 3 nitrogen and oxygen atoms in total. The molecule has 0 atom stereocenters. The second-order valence-corrected chi connectivity index (χ2v) is 5.46. The summed E-state index contributed by atoms with van der Waals surface area (Å²) in [6, 6.07) is 6.17. The Morgan fingerprint density at radius 3 is 2.95 bits per heavy atom. The van der Waals surface area contributed by atoms with Crippen LogP contribution in [0.4, 0.5) is 0 Å². The quantitative estimate of drug-likeness (QED) is 0.755. The molecule has 0 unspecified atom stereocenters. The van der Waals surface area contributed by atoms with E-state index in [2.05, 4.69) is 10.6 Å². The fraction of sp³-hybridized carbons (Fsp3) is 0.533. The first-order valence-electron chi connectivity index (χ1n) is 7.00. The number of nitrogens with zero attached hydrogens (tertiary/aromatic N) is 2. The van der Waals surface area contributed by atoms with Crippen LogP contribution in [-0.2, 0) is 13.0 Å². The molecular formula is C15H19ClN2O. The molecule has 1 aliphatic carbocycles. The van der Waals surface area contributed by atoms with Crippen molar-refractivity contribution in [3.05, 3.63) is 24.0 Å². The van der Waals surface area contributed by atoms with Crippen LogP contribution in [0.1, 0.15) is 25.6 Å². The van der Waals surface area contributed by atoms with Gasteiger partial charge in [-0.2, -0.15) is 0 Å². The van der Waals surface area contributed by atoms with Crippen molar-refractivity contribution in [1.29, 1.82) is 0 Å². The summed E-state index contributed by atoms with van der Waals surface area (Å²) in [5, 5.41) is 0. The normalized spacial score (nSPS) is 15.1. The van der Waals surface area contributed by atoms with Crippen molar-refractivity contribution >= 4 is 22.6 Å². The topological polar surface area (TPSA) is 27.1 Å². The van der Waals surface area contributed by atoms with Gasteiger partial charge in [0.1, 0.15) is 17.1 Å². The van der Waals surface area contributed by atoms with Gasteiger partial charge in [0.25, 0.3) is 0 Å². The van der Waals surface area contributed by atoms with Crippen molar-refractivity contribution in [2.24, 2.45) is 5.92 Å². The van der Waals surface area contributed by atoms with Crippen molar-refractivity contribution < 1.29 is 4.74 Å². The number of fused-ring (bicyclic) bond motifs is 1. The van der Waals surface area contributed by atoms with Crippen LogP contribution in [0.15, 0.2) is 18.2 Å². The number of benzene rings is 1. The zero-order valence-corrected chi connectivity index (χ0v) is 12.0. The van der Waals surface area contributed by atoms with Crippen LogP contribution >= 0.6 is 11.6 Å². The molecule has 1 fully saturated rings. The van der Waals surface area contributed by atoms with Crippen LogP contribution < -0.4 is 4.74 Å². The number of halogens is 1. The van der Waals surface area contributed by atoms with Gasteiger partial charge >= 0.3 is 0 Å². The van der Waals surface area contributed by atoms with E-state index in [9.17, 15) is 0 Å². The Bertz CT molecular complexity index is 575. The minimum absolute atomic E-state index is 0.609. The molecule has 1 saturated carbocycles. The highest BCUT2D eigenvalue weighted by Gasteiger charge is 2.24. The van der Waals surface area contributed by atoms with E-state index >= 15 is 0 Å². The van der Waals surface area contributed by atoms with Crippen molar-refractivity contribution in [2.75, 3.05) is 12.5 Å². The molecule has 0 aliphatic heterocycles. The van der Waals surface area contributed by atoms with Gasteiger partial charge in [0.2, 0.25) is 0 Å². The molecule has 3 rings (SSSR count). The van der Waals surface area contributed by atoms with Gasteiger partial charge in [0.15, 0.2) is 0 Å². The molecule has 0 spiro atoms. The van der Waals surface area contributed by atoms with Gasteiger partial charge in [0.05, 0.1) is 12.1 Å². The van der Waals surface area contributed by atoms with Crippen LogP contribution in [0.5, 0.6) is 5.75 Å². The van der Waals surface area contributed by atoms with Gasteiger partial charge in [-0.15, -0.1) is 11.6 Å². The molecule has 0 amide bonds. The highest BCUT2D eigenvalue weighted by atomic mass is 35.5. The van der Waals surface area contributed by atoms with Gasteiger partial charge in [-0.05, 0) is 37.8 Å². The molecule has 1 aromatic heterocycles. The number of ether oxygens (including phenoxy) is 1. The number of hydrogen-bond acceptors (Lipinski definition) is 2. The van der Waals surface area contributed by atoms with E-state index in [0.29, 0.717) is 12.5 Å².